The second-order valence-corrected chi connectivity index (χ2v) is 7.91. The number of methoxy groups -OCH3 is 1. The van der Waals surface area contributed by atoms with Crippen LogP contribution < -0.4 is 19.7 Å². The lowest BCUT2D eigenvalue weighted by Gasteiger charge is -2.35. The average molecular weight is 454 g/mol. The number of nitrogens with one attached hydrogen (secondary N) is 1. The minimum absolute atomic E-state index is 0. The van der Waals surface area contributed by atoms with Crippen molar-refractivity contribution in [3.63, 3.8) is 0 Å². The lowest BCUT2D eigenvalue weighted by atomic mass is 10.0. The Morgan fingerprint density at radius 1 is 1.00 bits per heavy atom. The van der Waals surface area contributed by atoms with Crippen LogP contribution in [0.3, 0.4) is 0 Å². The van der Waals surface area contributed by atoms with Crippen LogP contribution in [0.25, 0.3) is 0 Å². The van der Waals surface area contributed by atoms with Crippen LogP contribution in [0.15, 0.2) is 48.5 Å². The monoisotopic (exact) mass is 453 g/mol. The first-order chi connectivity index (χ1) is 13.7. The number of anilines is 1. The quantitative estimate of drug-likeness (QED) is 0.722. The van der Waals surface area contributed by atoms with Gasteiger partial charge in [-0.25, -0.2) is 0 Å². The molecule has 2 aliphatic rings. The number of ether oxygens (including phenoxy) is 2. The Labute approximate surface area is 192 Å². The number of hydrogen-bond acceptors (Lipinski definition) is 5. The fourth-order valence-corrected chi connectivity index (χ4v) is 4.22. The van der Waals surface area contributed by atoms with Gasteiger partial charge in [0.15, 0.2) is 11.5 Å². The minimum atomic E-state index is 0. The smallest absolute Gasteiger partial charge is 0.163 e. The van der Waals surface area contributed by atoms with E-state index in [2.05, 4.69) is 64.6 Å². The highest BCUT2D eigenvalue weighted by molar-refractivity contribution is 5.85. The summed E-state index contributed by atoms with van der Waals surface area (Å²) in [7, 11) is 3.86. The molecule has 7 heteroatoms. The van der Waals surface area contributed by atoms with Gasteiger partial charge in [-0.3, -0.25) is 0 Å². The van der Waals surface area contributed by atoms with Crippen molar-refractivity contribution < 1.29 is 9.47 Å². The van der Waals surface area contributed by atoms with Crippen LogP contribution >= 0.6 is 24.8 Å². The Kier molecular flexibility index (Phi) is 9.56. The van der Waals surface area contributed by atoms with Gasteiger partial charge in [-0.15, -0.1) is 24.8 Å². The summed E-state index contributed by atoms with van der Waals surface area (Å²) in [6.45, 7) is 5.05. The van der Waals surface area contributed by atoms with Gasteiger partial charge in [-0.2, -0.15) is 0 Å². The maximum atomic E-state index is 6.31. The average Bonchev–Trinajstić information content (AvgIpc) is 3.13. The largest absolute Gasteiger partial charge is 0.493 e. The number of benzene rings is 2. The number of likely N-dealkylation sites (N-methyl/N-ethyl adjacent to an activating group) is 1. The Morgan fingerprint density at radius 2 is 1.80 bits per heavy atom. The highest BCUT2D eigenvalue weighted by Gasteiger charge is 2.24. The van der Waals surface area contributed by atoms with Crippen molar-refractivity contribution >= 4 is 30.5 Å². The molecule has 166 valence electrons. The number of likely N-dealkylation sites (tertiary alicyclic amines) is 1. The van der Waals surface area contributed by atoms with E-state index in [1.54, 1.807) is 7.11 Å². The van der Waals surface area contributed by atoms with Gasteiger partial charge in [0, 0.05) is 50.5 Å². The maximum Gasteiger partial charge on any atom is 0.163 e. The molecular weight excluding hydrogens is 421 g/mol. The fourth-order valence-electron chi connectivity index (χ4n) is 4.22. The summed E-state index contributed by atoms with van der Waals surface area (Å²) in [6.07, 6.45) is 2.35. The molecule has 0 saturated carbocycles. The highest BCUT2D eigenvalue weighted by Crippen LogP contribution is 2.34. The van der Waals surface area contributed by atoms with Crippen molar-refractivity contribution in [1.82, 2.24) is 10.2 Å². The molecule has 5 nitrogen and oxygen atoms in total. The maximum absolute atomic E-state index is 6.31. The molecule has 2 fully saturated rings. The number of halogens is 2. The van der Waals surface area contributed by atoms with E-state index in [0.717, 1.165) is 57.1 Å². The summed E-state index contributed by atoms with van der Waals surface area (Å²) < 4.78 is 11.9. The molecule has 4 rings (SSSR count). The molecular formula is C23H33Cl2N3O2. The molecule has 0 aromatic heterocycles. The summed E-state index contributed by atoms with van der Waals surface area (Å²) in [5.74, 6) is 1.67. The van der Waals surface area contributed by atoms with Crippen molar-refractivity contribution in [2.45, 2.75) is 25.0 Å². The summed E-state index contributed by atoms with van der Waals surface area (Å²) >= 11 is 0. The van der Waals surface area contributed by atoms with Gasteiger partial charge < -0.3 is 24.6 Å². The predicted octanol–water partition coefficient (Wildman–Crippen LogP) is 3.64. The standard InChI is InChI=1S/C23H31N3O2.2ClH/c1-25-12-10-21(17-25)28-23-15-20(8-9-22(23)27-2)26-13-11-24-19(16-26)14-18-6-4-3-5-7-18;;/h3-9,15,19,21,24H,10-14,16-17H2,1-2H3;2*1H/t19-,21-;;/m0../s1. The van der Waals surface area contributed by atoms with Crippen LogP contribution in [0.2, 0.25) is 0 Å². The summed E-state index contributed by atoms with van der Waals surface area (Å²) in [6, 6.07) is 17.5. The third kappa shape index (κ3) is 6.17. The van der Waals surface area contributed by atoms with E-state index in [4.69, 9.17) is 9.47 Å². The molecule has 1 N–H and O–H groups in total. The highest BCUT2D eigenvalue weighted by atomic mass is 35.5. The molecule has 2 saturated heterocycles. The van der Waals surface area contributed by atoms with Crippen LogP contribution in [-0.4, -0.2) is 63.9 Å². The van der Waals surface area contributed by atoms with Gasteiger partial charge in [0.05, 0.1) is 7.11 Å². The third-order valence-electron chi connectivity index (χ3n) is 5.73. The van der Waals surface area contributed by atoms with Crippen molar-refractivity contribution in [1.29, 1.82) is 0 Å². The minimum Gasteiger partial charge on any atom is -0.493 e. The second kappa shape index (κ2) is 11.7. The van der Waals surface area contributed by atoms with Crippen LogP contribution in [0.1, 0.15) is 12.0 Å². The molecule has 0 spiro atoms. The molecule has 0 unspecified atom stereocenters. The van der Waals surface area contributed by atoms with Gasteiger partial charge in [0.25, 0.3) is 0 Å². The molecule has 30 heavy (non-hydrogen) atoms. The van der Waals surface area contributed by atoms with E-state index >= 15 is 0 Å². The van der Waals surface area contributed by atoms with Gasteiger partial charge in [0.2, 0.25) is 0 Å². The van der Waals surface area contributed by atoms with Crippen molar-refractivity contribution in [3.05, 3.63) is 54.1 Å². The first kappa shape index (κ1) is 24.6. The van der Waals surface area contributed by atoms with Crippen molar-refractivity contribution in [3.8, 4) is 11.5 Å². The van der Waals surface area contributed by atoms with Crippen molar-refractivity contribution in [2.24, 2.45) is 0 Å². The first-order valence-corrected chi connectivity index (χ1v) is 10.3. The molecule has 2 aromatic carbocycles. The van der Waals surface area contributed by atoms with Crippen LogP contribution in [0.5, 0.6) is 11.5 Å². The molecule has 2 aromatic rings. The number of hydrogen-bond donors (Lipinski definition) is 1. The third-order valence-corrected chi connectivity index (χ3v) is 5.73. The Bertz CT molecular complexity index is 778. The second-order valence-electron chi connectivity index (χ2n) is 7.91. The van der Waals surface area contributed by atoms with Crippen LogP contribution in [0, 0.1) is 0 Å². The topological polar surface area (TPSA) is 37.0 Å². The molecule has 0 bridgehead atoms. The lowest BCUT2D eigenvalue weighted by molar-refractivity contribution is 0.199. The van der Waals surface area contributed by atoms with E-state index in [1.165, 1.54) is 11.3 Å². The van der Waals surface area contributed by atoms with Gasteiger partial charge in [0.1, 0.15) is 6.10 Å². The first-order valence-electron chi connectivity index (χ1n) is 10.3. The van der Waals surface area contributed by atoms with E-state index < -0.39 is 0 Å². The van der Waals surface area contributed by atoms with Crippen LogP contribution in [0.4, 0.5) is 5.69 Å². The van der Waals surface area contributed by atoms with E-state index in [0.29, 0.717) is 6.04 Å². The zero-order chi connectivity index (χ0) is 19.3. The van der Waals surface area contributed by atoms with Crippen molar-refractivity contribution in [2.75, 3.05) is 51.8 Å². The van der Waals surface area contributed by atoms with Gasteiger partial charge in [-0.1, -0.05) is 30.3 Å². The summed E-state index contributed by atoms with van der Waals surface area (Å²) in [5.41, 5.74) is 2.59. The van der Waals surface area contributed by atoms with E-state index in [-0.39, 0.29) is 30.9 Å². The van der Waals surface area contributed by atoms with Gasteiger partial charge >= 0.3 is 0 Å². The summed E-state index contributed by atoms with van der Waals surface area (Å²) in [5, 5.41) is 3.66. The van der Waals surface area contributed by atoms with Crippen LogP contribution in [-0.2, 0) is 6.42 Å². The SMILES string of the molecule is COc1ccc(N2CCN[C@@H](Cc3ccccc3)C2)cc1O[C@H]1CCN(C)C1.Cl.Cl. The Morgan fingerprint density at radius 3 is 2.50 bits per heavy atom. The van der Waals surface area contributed by atoms with E-state index in [9.17, 15) is 0 Å². The molecule has 2 aliphatic heterocycles. The molecule has 2 heterocycles. The molecule has 2 atom stereocenters. The molecule has 0 amide bonds. The normalized spacial score (nSPS) is 21.5. The predicted molar refractivity (Wildman–Crippen MR) is 128 cm³/mol. The number of rotatable bonds is 6. The molecule has 0 aliphatic carbocycles. The lowest BCUT2D eigenvalue weighted by Crippen LogP contribution is -2.51. The fraction of sp³-hybridized carbons (Fsp3) is 0.478. The number of piperazine rings is 1. The molecule has 0 radical (unpaired) electrons. The van der Waals surface area contributed by atoms with Gasteiger partial charge in [-0.05, 0) is 37.6 Å². The Balaban J connectivity index is 0.00000160. The summed E-state index contributed by atoms with van der Waals surface area (Å²) in [4.78, 5) is 4.77. The Hall–Kier alpha value is -1.66. The number of nitrogens with zero attached hydrogens (tertiary/aromatic N) is 2. The zero-order valence-corrected chi connectivity index (χ0v) is 19.4. The zero-order valence-electron chi connectivity index (χ0n) is 17.8. The van der Waals surface area contributed by atoms with E-state index in [1.807, 2.05) is 6.07 Å².